The lowest BCUT2D eigenvalue weighted by Gasteiger charge is -2.33. The highest BCUT2D eigenvalue weighted by Gasteiger charge is 2.20. The minimum Gasteiger partial charge on any atom is -0.356 e. The molecule has 2 rings (SSSR count). The Labute approximate surface area is 112 Å². The Balaban J connectivity index is 2.00. The van der Waals surface area contributed by atoms with Gasteiger partial charge in [-0.05, 0) is 66.2 Å². The lowest BCUT2D eigenvalue weighted by atomic mass is 9.93. The SMILES string of the molecule is Cc1cc(Br)cnc1N1CCC(CCN)CC1. The molecule has 2 heterocycles. The minimum atomic E-state index is 0.812. The number of anilines is 1. The van der Waals surface area contributed by atoms with Gasteiger partial charge in [0, 0.05) is 23.8 Å². The van der Waals surface area contributed by atoms with Crippen LogP contribution >= 0.6 is 15.9 Å². The zero-order chi connectivity index (χ0) is 12.3. The maximum absolute atomic E-state index is 5.61. The fraction of sp³-hybridized carbons (Fsp3) is 0.615. The van der Waals surface area contributed by atoms with E-state index < -0.39 is 0 Å². The molecule has 0 aromatic carbocycles. The Kier molecular flexibility index (Phi) is 4.40. The Morgan fingerprint density at radius 2 is 2.18 bits per heavy atom. The van der Waals surface area contributed by atoms with Gasteiger partial charge in [0.05, 0.1) is 0 Å². The maximum Gasteiger partial charge on any atom is 0.131 e. The fourth-order valence-electron chi connectivity index (χ4n) is 2.53. The van der Waals surface area contributed by atoms with E-state index in [0.717, 1.165) is 35.8 Å². The van der Waals surface area contributed by atoms with Gasteiger partial charge in [-0.25, -0.2) is 4.98 Å². The smallest absolute Gasteiger partial charge is 0.131 e. The van der Waals surface area contributed by atoms with Crippen molar-refractivity contribution in [1.29, 1.82) is 0 Å². The number of hydrogen-bond acceptors (Lipinski definition) is 3. The van der Waals surface area contributed by atoms with Crippen molar-refractivity contribution in [1.82, 2.24) is 4.98 Å². The van der Waals surface area contributed by atoms with Gasteiger partial charge in [0.25, 0.3) is 0 Å². The second kappa shape index (κ2) is 5.83. The molecule has 0 amide bonds. The summed E-state index contributed by atoms with van der Waals surface area (Å²) in [6, 6.07) is 2.13. The molecule has 0 bridgehead atoms. The van der Waals surface area contributed by atoms with Crippen LogP contribution in [0.2, 0.25) is 0 Å². The van der Waals surface area contributed by atoms with Gasteiger partial charge in [-0.3, -0.25) is 0 Å². The molecule has 4 heteroatoms. The molecule has 1 aromatic heterocycles. The van der Waals surface area contributed by atoms with Gasteiger partial charge in [0.1, 0.15) is 5.82 Å². The van der Waals surface area contributed by atoms with E-state index >= 15 is 0 Å². The summed E-state index contributed by atoms with van der Waals surface area (Å²) >= 11 is 3.46. The summed E-state index contributed by atoms with van der Waals surface area (Å²) < 4.78 is 1.05. The van der Waals surface area contributed by atoms with Crippen LogP contribution in [0.3, 0.4) is 0 Å². The first-order chi connectivity index (χ1) is 8.20. The van der Waals surface area contributed by atoms with Gasteiger partial charge in [-0.2, -0.15) is 0 Å². The summed E-state index contributed by atoms with van der Waals surface area (Å²) in [6.45, 7) is 5.17. The number of nitrogens with zero attached hydrogens (tertiary/aromatic N) is 2. The zero-order valence-electron chi connectivity index (χ0n) is 10.3. The van der Waals surface area contributed by atoms with Crippen LogP contribution in [-0.4, -0.2) is 24.6 Å². The number of aryl methyl sites for hydroxylation is 1. The Morgan fingerprint density at radius 3 is 2.76 bits per heavy atom. The van der Waals surface area contributed by atoms with E-state index in [4.69, 9.17) is 5.73 Å². The van der Waals surface area contributed by atoms with E-state index in [9.17, 15) is 0 Å². The van der Waals surface area contributed by atoms with Gasteiger partial charge in [0.2, 0.25) is 0 Å². The molecule has 0 atom stereocenters. The van der Waals surface area contributed by atoms with E-state index in [1.54, 1.807) is 0 Å². The summed E-state index contributed by atoms with van der Waals surface area (Å²) in [6.07, 6.45) is 5.54. The molecule has 0 aliphatic carbocycles. The quantitative estimate of drug-likeness (QED) is 0.933. The van der Waals surface area contributed by atoms with E-state index in [1.807, 2.05) is 6.20 Å². The second-order valence-corrected chi connectivity index (χ2v) is 5.72. The van der Waals surface area contributed by atoms with Crippen molar-refractivity contribution in [3.05, 3.63) is 22.3 Å². The third kappa shape index (κ3) is 3.19. The summed E-state index contributed by atoms with van der Waals surface area (Å²) in [5.74, 6) is 1.95. The van der Waals surface area contributed by atoms with Gasteiger partial charge >= 0.3 is 0 Å². The fourth-order valence-corrected chi connectivity index (χ4v) is 2.98. The highest BCUT2D eigenvalue weighted by molar-refractivity contribution is 9.10. The molecule has 1 aliphatic heterocycles. The molecule has 0 spiro atoms. The summed E-state index contributed by atoms with van der Waals surface area (Å²) in [5.41, 5.74) is 6.86. The highest BCUT2D eigenvalue weighted by atomic mass is 79.9. The Morgan fingerprint density at radius 1 is 1.47 bits per heavy atom. The average Bonchev–Trinajstić information content (AvgIpc) is 2.31. The minimum absolute atomic E-state index is 0.812. The first-order valence-electron chi connectivity index (χ1n) is 6.28. The Hall–Kier alpha value is -0.610. The summed E-state index contributed by atoms with van der Waals surface area (Å²) in [4.78, 5) is 6.92. The van der Waals surface area contributed by atoms with Gasteiger partial charge in [-0.15, -0.1) is 0 Å². The van der Waals surface area contributed by atoms with Crippen LogP contribution in [-0.2, 0) is 0 Å². The number of halogens is 1. The molecule has 1 fully saturated rings. The van der Waals surface area contributed by atoms with Crippen LogP contribution in [0.15, 0.2) is 16.7 Å². The predicted octanol–water partition coefficient (Wildman–Crippen LogP) is 2.72. The van der Waals surface area contributed by atoms with Crippen molar-refractivity contribution in [3.63, 3.8) is 0 Å². The molecule has 94 valence electrons. The van der Waals surface area contributed by atoms with Crippen molar-refractivity contribution in [2.75, 3.05) is 24.5 Å². The van der Waals surface area contributed by atoms with Crippen molar-refractivity contribution < 1.29 is 0 Å². The van der Waals surface area contributed by atoms with Crippen molar-refractivity contribution in [2.24, 2.45) is 11.7 Å². The first-order valence-corrected chi connectivity index (χ1v) is 7.07. The lowest BCUT2D eigenvalue weighted by Crippen LogP contribution is -2.35. The van der Waals surface area contributed by atoms with Crippen molar-refractivity contribution >= 4 is 21.7 Å². The van der Waals surface area contributed by atoms with Gasteiger partial charge < -0.3 is 10.6 Å². The molecule has 17 heavy (non-hydrogen) atoms. The molecular weight excluding hydrogens is 278 g/mol. The van der Waals surface area contributed by atoms with E-state index in [0.29, 0.717) is 0 Å². The van der Waals surface area contributed by atoms with Crippen molar-refractivity contribution in [3.8, 4) is 0 Å². The number of pyridine rings is 1. The zero-order valence-corrected chi connectivity index (χ0v) is 11.9. The molecule has 3 nitrogen and oxygen atoms in total. The predicted molar refractivity (Wildman–Crippen MR) is 75.3 cm³/mol. The molecule has 1 aromatic rings. The average molecular weight is 298 g/mol. The van der Waals surface area contributed by atoms with Crippen LogP contribution in [0.5, 0.6) is 0 Å². The first kappa shape index (κ1) is 12.8. The third-order valence-corrected chi connectivity index (χ3v) is 3.94. The monoisotopic (exact) mass is 297 g/mol. The molecule has 0 saturated carbocycles. The van der Waals surface area contributed by atoms with Crippen LogP contribution in [0.4, 0.5) is 5.82 Å². The molecule has 0 radical (unpaired) electrons. The normalized spacial score (nSPS) is 17.5. The number of rotatable bonds is 3. The largest absolute Gasteiger partial charge is 0.356 e. The van der Waals surface area contributed by atoms with E-state index in [1.165, 1.54) is 24.8 Å². The Bertz CT molecular complexity index is 373. The van der Waals surface area contributed by atoms with Gasteiger partial charge in [0.15, 0.2) is 0 Å². The van der Waals surface area contributed by atoms with Crippen molar-refractivity contribution in [2.45, 2.75) is 26.2 Å². The number of piperidine rings is 1. The standard InChI is InChI=1S/C13H20BrN3/c1-10-8-12(14)9-16-13(10)17-6-3-11(2-5-15)4-7-17/h8-9,11H,2-7,15H2,1H3. The number of hydrogen-bond donors (Lipinski definition) is 1. The van der Waals surface area contributed by atoms with E-state index in [-0.39, 0.29) is 0 Å². The molecule has 1 aliphatic rings. The van der Waals surface area contributed by atoms with Crippen LogP contribution in [0.25, 0.3) is 0 Å². The van der Waals surface area contributed by atoms with Crippen LogP contribution in [0.1, 0.15) is 24.8 Å². The third-order valence-electron chi connectivity index (χ3n) is 3.51. The van der Waals surface area contributed by atoms with Gasteiger partial charge in [-0.1, -0.05) is 0 Å². The number of aromatic nitrogens is 1. The van der Waals surface area contributed by atoms with Crippen LogP contribution < -0.4 is 10.6 Å². The lowest BCUT2D eigenvalue weighted by molar-refractivity contribution is 0.385. The van der Waals surface area contributed by atoms with E-state index in [2.05, 4.69) is 38.8 Å². The second-order valence-electron chi connectivity index (χ2n) is 4.80. The maximum atomic E-state index is 5.61. The summed E-state index contributed by atoms with van der Waals surface area (Å²) in [7, 11) is 0. The number of nitrogens with two attached hydrogens (primary N) is 1. The molecular formula is C13H20BrN3. The highest BCUT2D eigenvalue weighted by Crippen LogP contribution is 2.26. The molecule has 2 N–H and O–H groups in total. The molecule has 1 saturated heterocycles. The topological polar surface area (TPSA) is 42.2 Å². The molecule has 0 unspecified atom stereocenters. The summed E-state index contributed by atoms with van der Waals surface area (Å²) in [5, 5.41) is 0. The van der Waals surface area contributed by atoms with Crippen LogP contribution in [0, 0.1) is 12.8 Å².